The van der Waals surface area contributed by atoms with E-state index in [1.165, 1.54) is 6.33 Å². The quantitative estimate of drug-likeness (QED) is 0.609. The number of nitrogen functional groups attached to an aromatic ring is 1. The Hall–Kier alpha value is -1.42. The molecule has 2 aromatic heterocycles. The summed E-state index contributed by atoms with van der Waals surface area (Å²) in [6.45, 7) is 0.0751. The first-order valence-corrected chi connectivity index (χ1v) is 7.82. The molecule has 10 nitrogen and oxygen atoms in total. The second-order valence-corrected chi connectivity index (χ2v) is 6.33. The highest BCUT2D eigenvalue weighted by atomic mass is 31.2. The number of hydrogen-bond donors (Lipinski definition) is 3. The van der Waals surface area contributed by atoms with Gasteiger partial charge in [-0.05, 0) is 0 Å². The largest absolute Gasteiger partial charge is 0.570 e. The van der Waals surface area contributed by atoms with E-state index in [-0.39, 0.29) is 18.9 Å². The summed E-state index contributed by atoms with van der Waals surface area (Å²) in [7, 11) is -3.72. The van der Waals surface area contributed by atoms with Crippen LogP contribution in [0.3, 0.4) is 0 Å². The first-order valence-electron chi connectivity index (χ1n) is 6.29. The maximum absolute atomic E-state index is 9.46. The number of fused-ring (bicyclic) bond motifs is 2. The van der Waals surface area contributed by atoms with E-state index in [0.717, 1.165) is 0 Å². The van der Waals surface area contributed by atoms with Crippen LogP contribution < -0.4 is 5.73 Å². The van der Waals surface area contributed by atoms with Crippen molar-refractivity contribution in [3.63, 3.8) is 0 Å². The fourth-order valence-corrected chi connectivity index (χ4v) is 3.57. The molecule has 4 rings (SSSR count). The minimum absolute atomic E-state index is 0.0751. The number of ether oxygens (including phenoxy) is 1. The highest BCUT2D eigenvalue weighted by Gasteiger charge is 2.55. The van der Waals surface area contributed by atoms with E-state index in [0.29, 0.717) is 23.4 Å². The topological polar surface area (TPSA) is 138 Å². The van der Waals surface area contributed by atoms with Crippen molar-refractivity contribution in [3.8, 4) is 0 Å². The summed E-state index contributed by atoms with van der Waals surface area (Å²) in [6, 6.07) is 0. The van der Waals surface area contributed by atoms with Crippen LogP contribution in [-0.4, -0.2) is 48.1 Å². The van der Waals surface area contributed by atoms with E-state index >= 15 is 0 Å². The fraction of sp³-hybridized carbons (Fsp3) is 0.500. The van der Waals surface area contributed by atoms with Crippen molar-refractivity contribution in [1.29, 1.82) is 0 Å². The summed E-state index contributed by atoms with van der Waals surface area (Å²) in [6.07, 6.45) is 2.17. The standard InChI is InChI=1S/C10H13N5O5P/c11-9-8-10(13-3-12-9)15(4-14-8)7-1-5-6(19-7)2-18-21(16,17)20-5/h3-7,16-17H,1-2H2,(H2,11,12,13)/q+1/t5-,6+,7-/m1/s1. The summed E-state index contributed by atoms with van der Waals surface area (Å²) in [5, 5.41) is 0. The molecule has 0 saturated carbocycles. The molecule has 2 aliphatic heterocycles. The highest BCUT2D eigenvalue weighted by Crippen LogP contribution is 2.58. The van der Waals surface area contributed by atoms with Crippen LogP contribution in [0.25, 0.3) is 11.2 Å². The van der Waals surface area contributed by atoms with Crippen molar-refractivity contribution < 1.29 is 23.6 Å². The molecule has 0 unspecified atom stereocenters. The van der Waals surface area contributed by atoms with Gasteiger partial charge in [0.05, 0.1) is 6.33 Å². The lowest BCUT2D eigenvalue weighted by atomic mass is 10.2. The zero-order valence-electron chi connectivity index (χ0n) is 10.7. The molecule has 0 amide bonds. The molecule has 2 aromatic rings. The van der Waals surface area contributed by atoms with Crippen molar-refractivity contribution in [1.82, 2.24) is 19.5 Å². The Labute approximate surface area is 119 Å². The smallest absolute Gasteiger partial charge is 0.382 e. The number of imidazole rings is 1. The van der Waals surface area contributed by atoms with E-state index in [1.807, 2.05) is 0 Å². The van der Waals surface area contributed by atoms with E-state index in [2.05, 4.69) is 15.0 Å². The molecule has 0 bridgehead atoms. The van der Waals surface area contributed by atoms with Gasteiger partial charge in [0.25, 0.3) is 0 Å². The summed E-state index contributed by atoms with van der Waals surface area (Å²) in [4.78, 5) is 31.1. The van der Waals surface area contributed by atoms with Crippen molar-refractivity contribution in [2.75, 3.05) is 12.3 Å². The van der Waals surface area contributed by atoms with E-state index < -0.39 is 14.3 Å². The third kappa shape index (κ3) is 2.16. The lowest BCUT2D eigenvalue weighted by Gasteiger charge is -2.23. The molecule has 112 valence electrons. The van der Waals surface area contributed by atoms with Crippen LogP contribution in [0.1, 0.15) is 12.6 Å². The van der Waals surface area contributed by atoms with Crippen molar-refractivity contribution in [2.24, 2.45) is 0 Å². The van der Waals surface area contributed by atoms with Crippen LogP contribution >= 0.6 is 8.17 Å². The van der Waals surface area contributed by atoms with E-state index in [9.17, 15) is 9.79 Å². The van der Waals surface area contributed by atoms with Gasteiger partial charge < -0.3 is 10.5 Å². The minimum Gasteiger partial charge on any atom is -0.382 e. The number of anilines is 1. The van der Waals surface area contributed by atoms with Gasteiger partial charge in [0.2, 0.25) is 0 Å². The maximum Gasteiger partial charge on any atom is 0.570 e. The summed E-state index contributed by atoms with van der Waals surface area (Å²) in [5.74, 6) is 0.296. The molecule has 0 aromatic carbocycles. The number of aromatic nitrogens is 4. The number of rotatable bonds is 1. The van der Waals surface area contributed by atoms with Gasteiger partial charge in [-0.3, -0.25) is 4.57 Å². The number of hydrogen-bond acceptors (Lipinski definition) is 9. The Bertz CT molecular complexity index is 694. The Kier molecular flexibility index (Phi) is 2.86. The predicted molar refractivity (Wildman–Crippen MR) is 70.4 cm³/mol. The molecule has 2 aliphatic rings. The SMILES string of the molecule is Nc1ncnc2c1ncn2[C@H]1C[C@H]2O[P+](O)(O)OC[C@@H]2O1. The summed E-state index contributed by atoms with van der Waals surface area (Å²) >= 11 is 0. The maximum atomic E-state index is 9.46. The van der Waals surface area contributed by atoms with Crippen LogP contribution in [0.15, 0.2) is 12.7 Å². The van der Waals surface area contributed by atoms with Gasteiger partial charge in [-0.2, -0.15) is 14.3 Å². The van der Waals surface area contributed by atoms with Gasteiger partial charge in [0.1, 0.15) is 36.9 Å². The first kappa shape index (κ1) is 13.3. The van der Waals surface area contributed by atoms with Crippen LogP contribution in [-0.2, 0) is 13.8 Å². The average Bonchev–Trinajstić information content (AvgIpc) is 3.01. The lowest BCUT2D eigenvalue weighted by molar-refractivity contribution is -0.0748. The normalized spacial score (nSPS) is 31.4. The zero-order valence-corrected chi connectivity index (χ0v) is 11.6. The van der Waals surface area contributed by atoms with Gasteiger partial charge >= 0.3 is 8.17 Å². The Balaban J connectivity index is 1.64. The zero-order chi connectivity index (χ0) is 14.6. The van der Waals surface area contributed by atoms with Gasteiger partial charge in [0, 0.05) is 6.42 Å². The Morgan fingerprint density at radius 3 is 3.00 bits per heavy atom. The second kappa shape index (κ2) is 4.54. The summed E-state index contributed by atoms with van der Waals surface area (Å²) in [5.41, 5.74) is 6.80. The van der Waals surface area contributed by atoms with Gasteiger partial charge in [-0.15, -0.1) is 4.52 Å². The second-order valence-electron chi connectivity index (χ2n) is 4.88. The monoisotopic (exact) mass is 314 g/mol. The molecule has 4 heterocycles. The Morgan fingerprint density at radius 1 is 1.29 bits per heavy atom. The molecule has 4 N–H and O–H groups in total. The predicted octanol–water partition coefficient (Wildman–Crippen LogP) is -0.226. The third-order valence-corrected chi connectivity index (χ3v) is 4.59. The Morgan fingerprint density at radius 2 is 2.14 bits per heavy atom. The van der Waals surface area contributed by atoms with Crippen LogP contribution in [0.5, 0.6) is 0 Å². The number of nitrogens with zero attached hydrogens (tertiary/aromatic N) is 4. The molecule has 3 atom stereocenters. The van der Waals surface area contributed by atoms with Crippen molar-refractivity contribution in [3.05, 3.63) is 12.7 Å². The highest BCUT2D eigenvalue weighted by molar-refractivity contribution is 7.54. The molecule has 0 radical (unpaired) electrons. The molecular weight excluding hydrogens is 301 g/mol. The molecule has 0 aliphatic carbocycles. The van der Waals surface area contributed by atoms with Gasteiger partial charge in [-0.25, -0.2) is 15.0 Å². The molecular formula is C10H13N5O5P+. The molecule has 2 saturated heterocycles. The first-order chi connectivity index (χ1) is 10.0. The van der Waals surface area contributed by atoms with Gasteiger partial charge in [-0.1, -0.05) is 0 Å². The summed E-state index contributed by atoms with van der Waals surface area (Å²) < 4.78 is 17.5. The average molecular weight is 314 g/mol. The van der Waals surface area contributed by atoms with Crippen LogP contribution in [0, 0.1) is 0 Å². The third-order valence-electron chi connectivity index (χ3n) is 3.56. The molecule has 0 spiro atoms. The van der Waals surface area contributed by atoms with Crippen molar-refractivity contribution >= 4 is 25.2 Å². The fourth-order valence-electron chi connectivity index (χ4n) is 2.59. The van der Waals surface area contributed by atoms with E-state index in [4.69, 9.17) is 19.5 Å². The molecule has 11 heteroatoms. The molecule has 21 heavy (non-hydrogen) atoms. The number of nitrogens with two attached hydrogens (primary N) is 1. The lowest BCUT2D eigenvalue weighted by Crippen LogP contribution is -2.34. The minimum atomic E-state index is -3.72. The van der Waals surface area contributed by atoms with Gasteiger partial charge in [0.15, 0.2) is 11.5 Å². The van der Waals surface area contributed by atoms with E-state index in [1.54, 1.807) is 10.9 Å². The van der Waals surface area contributed by atoms with Crippen LogP contribution in [0.4, 0.5) is 5.82 Å². The van der Waals surface area contributed by atoms with Crippen molar-refractivity contribution in [2.45, 2.75) is 24.9 Å². The van der Waals surface area contributed by atoms with Crippen LogP contribution in [0.2, 0.25) is 0 Å². The molecule has 2 fully saturated rings.